The van der Waals surface area contributed by atoms with Crippen molar-refractivity contribution in [2.75, 3.05) is 14.2 Å². The molecule has 1 fully saturated rings. The smallest absolute Gasteiger partial charge is 0.0756 e. The third-order valence-corrected chi connectivity index (χ3v) is 5.02. The number of aromatic nitrogens is 2. The van der Waals surface area contributed by atoms with E-state index in [0.29, 0.717) is 12.1 Å². The maximum Gasteiger partial charge on any atom is 0.0756 e. The monoisotopic (exact) mass is 329 g/mol. The summed E-state index contributed by atoms with van der Waals surface area (Å²) in [7, 11) is 3.84. The molecular formula is C14H24BrN3O. The molecule has 0 aromatic carbocycles. The summed E-state index contributed by atoms with van der Waals surface area (Å²) in [6, 6.07) is 0.343. The molecule has 0 radical (unpaired) electrons. The molecular weight excluding hydrogens is 306 g/mol. The van der Waals surface area contributed by atoms with Crippen LogP contribution in [0.25, 0.3) is 0 Å². The maximum absolute atomic E-state index is 5.71. The van der Waals surface area contributed by atoms with Crippen molar-refractivity contribution in [2.45, 2.75) is 51.8 Å². The summed E-state index contributed by atoms with van der Waals surface area (Å²) in [5.41, 5.74) is 2.33. The van der Waals surface area contributed by atoms with Gasteiger partial charge < -0.3 is 10.1 Å². The van der Waals surface area contributed by atoms with Gasteiger partial charge in [0.15, 0.2) is 0 Å². The molecule has 1 saturated carbocycles. The quantitative estimate of drug-likeness (QED) is 0.835. The molecule has 1 N–H and O–H groups in total. The van der Waals surface area contributed by atoms with E-state index in [9.17, 15) is 0 Å². The van der Waals surface area contributed by atoms with Crippen LogP contribution < -0.4 is 5.32 Å². The van der Waals surface area contributed by atoms with Gasteiger partial charge in [-0.1, -0.05) is 0 Å². The number of ether oxygens (including phenoxy) is 1. The molecule has 2 atom stereocenters. The Morgan fingerprint density at radius 1 is 1.53 bits per heavy atom. The standard InChI is InChI=1S/C14H24BrN3O/c1-5-18-12(13(15)9(2)17-18)8-11(16-3)14(19-4)10-6-7-10/h10-11,14,16H,5-8H2,1-4H3. The molecule has 0 bridgehead atoms. The lowest BCUT2D eigenvalue weighted by atomic mass is 10.0. The summed E-state index contributed by atoms with van der Waals surface area (Å²) >= 11 is 3.67. The summed E-state index contributed by atoms with van der Waals surface area (Å²) < 4.78 is 8.94. The van der Waals surface area contributed by atoms with Gasteiger partial charge in [-0.15, -0.1) is 0 Å². The van der Waals surface area contributed by atoms with Crippen molar-refractivity contribution in [2.24, 2.45) is 5.92 Å². The van der Waals surface area contributed by atoms with Crippen molar-refractivity contribution in [1.82, 2.24) is 15.1 Å². The van der Waals surface area contributed by atoms with Crippen molar-refractivity contribution in [3.63, 3.8) is 0 Å². The highest BCUT2D eigenvalue weighted by Crippen LogP contribution is 2.36. The molecule has 2 rings (SSSR count). The first-order valence-corrected chi connectivity index (χ1v) is 7.83. The van der Waals surface area contributed by atoms with Crippen LogP contribution in [0.1, 0.15) is 31.2 Å². The molecule has 108 valence electrons. The molecule has 19 heavy (non-hydrogen) atoms. The Labute approximate surface area is 124 Å². The van der Waals surface area contributed by atoms with Crippen LogP contribution in [0, 0.1) is 12.8 Å². The van der Waals surface area contributed by atoms with Crippen LogP contribution in [0.2, 0.25) is 0 Å². The van der Waals surface area contributed by atoms with Gasteiger partial charge in [-0.2, -0.15) is 5.10 Å². The van der Waals surface area contributed by atoms with Gasteiger partial charge in [0.05, 0.1) is 22.0 Å². The summed E-state index contributed by atoms with van der Waals surface area (Å²) in [4.78, 5) is 0. The van der Waals surface area contributed by atoms with E-state index in [4.69, 9.17) is 4.74 Å². The van der Waals surface area contributed by atoms with Crippen LogP contribution in [0.15, 0.2) is 4.47 Å². The van der Waals surface area contributed by atoms with E-state index in [2.05, 4.69) is 38.0 Å². The van der Waals surface area contributed by atoms with Crippen LogP contribution in [0.5, 0.6) is 0 Å². The summed E-state index contributed by atoms with van der Waals surface area (Å²) in [6.07, 6.45) is 3.84. The number of halogens is 1. The van der Waals surface area contributed by atoms with Gasteiger partial charge in [0, 0.05) is 26.1 Å². The summed E-state index contributed by atoms with van der Waals surface area (Å²) in [5.74, 6) is 0.723. The number of likely N-dealkylation sites (N-methyl/N-ethyl adjacent to an activating group) is 1. The summed E-state index contributed by atoms with van der Waals surface area (Å²) in [5, 5.41) is 7.99. The Kier molecular flexibility index (Phi) is 5.03. The predicted octanol–water partition coefficient (Wildman–Crippen LogP) is 2.53. The summed E-state index contributed by atoms with van der Waals surface area (Å²) in [6.45, 7) is 5.08. The highest BCUT2D eigenvalue weighted by molar-refractivity contribution is 9.10. The van der Waals surface area contributed by atoms with Crippen molar-refractivity contribution in [3.8, 4) is 0 Å². The van der Waals surface area contributed by atoms with Crippen molar-refractivity contribution < 1.29 is 4.74 Å². The third-order valence-electron chi connectivity index (χ3n) is 3.99. The molecule has 1 aliphatic carbocycles. The minimum atomic E-state index is 0.303. The molecule has 1 aliphatic rings. The number of hydrogen-bond donors (Lipinski definition) is 1. The molecule has 2 unspecified atom stereocenters. The highest BCUT2D eigenvalue weighted by Gasteiger charge is 2.37. The van der Waals surface area contributed by atoms with Crippen molar-refractivity contribution >= 4 is 15.9 Å². The largest absolute Gasteiger partial charge is 0.380 e. The van der Waals surface area contributed by atoms with Gasteiger partial charge >= 0.3 is 0 Å². The number of hydrogen-bond acceptors (Lipinski definition) is 3. The number of nitrogens with zero attached hydrogens (tertiary/aromatic N) is 2. The average molecular weight is 330 g/mol. The first-order valence-electron chi connectivity index (χ1n) is 7.04. The number of nitrogens with one attached hydrogen (secondary N) is 1. The van der Waals surface area contributed by atoms with Gasteiger partial charge in [-0.3, -0.25) is 4.68 Å². The third kappa shape index (κ3) is 3.20. The second kappa shape index (κ2) is 6.37. The lowest BCUT2D eigenvalue weighted by Crippen LogP contribution is -2.42. The van der Waals surface area contributed by atoms with Crippen LogP contribution in [0.4, 0.5) is 0 Å². The van der Waals surface area contributed by atoms with Crippen LogP contribution in [-0.4, -0.2) is 36.1 Å². The van der Waals surface area contributed by atoms with E-state index in [1.807, 2.05) is 21.1 Å². The van der Waals surface area contributed by atoms with Crippen LogP contribution in [0.3, 0.4) is 0 Å². The van der Waals surface area contributed by atoms with Gasteiger partial charge in [-0.25, -0.2) is 0 Å². The fraction of sp³-hybridized carbons (Fsp3) is 0.786. The van der Waals surface area contributed by atoms with E-state index in [1.165, 1.54) is 18.5 Å². The zero-order valence-electron chi connectivity index (χ0n) is 12.2. The minimum absolute atomic E-state index is 0.303. The Balaban J connectivity index is 2.17. The molecule has 0 aliphatic heterocycles. The number of aryl methyl sites for hydroxylation is 2. The second-order valence-electron chi connectivity index (χ2n) is 5.30. The zero-order chi connectivity index (χ0) is 14.0. The normalized spacial score (nSPS) is 18.6. The van der Waals surface area contributed by atoms with E-state index >= 15 is 0 Å². The van der Waals surface area contributed by atoms with Gasteiger partial charge in [0.1, 0.15) is 0 Å². The zero-order valence-corrected chi connectivity index (χ0v) is 13.8. The number of rotatable bonds is 7. The minimum Gasteiger partial charge on any atom is -0.380 e. The molecule has 0 saturated heterocycles. The van der Waals surface area contributed by atoms with Gasteiger partial charge in [0.25, 0.3) is 0 Å². The maximum atomic E-state index is 5.71. The fourth-order valence-corrected chi connectivity index (χ4v) is 3.21. The molecule has 1 aromatic rings. The average Bonchev–Trinajstić information content (AvgIpc) is 3.20. The Morgan fingerprint density at radius 2 is 2.21 bits per heavy atom. The van der Waals surface area contributed by atoms with E-state index in [0.717, 1.165) is 29.1 Å². The van der Waals surface area contributed by atoms with Crippen LogP contribution >= 0.6 is 15.9 Å². The first kappa shape index (κ1) is 15.0. The highest BCUT2D eigenvalue weighted by atomic mass is 79.9. The predicted molar refractivity (Wildman–Crippen MR) is 80.4 cm³/mol. The van der Waals surface area contributed by atoms with Crippen molar-refractivity contribution in [1.29, 1.82) is 0 Å². The number of methoxy groups -OCH3 is 1. The molecule has 1 heterocycles. The lowest BCUT2D eigenvalue weighted by Gasteiger charge is -2.26. The first-order chi connectivity index (χ1) is 9.12. The molecule has 5 heteroatoms. The Hall–Kier alpha value is -0.390. The molecule has 1 aromatic heterocycles. The molecule has 0 spiro atoms. The van der Waals surface area contributed by atoms with Crippen LogP contribution in [-0.2, 0) is 17.7 Å². The lowest BCUT2D eigenvalue weighted by molar-refractivity contribution is 0.0528. The Morgan fingerprint density at radius 3 is 2.68 bits per heavy atom. The Bertz CT molecular complexity index is 429. The van der Waals surface area contributed by atoms with E-state index in [-0.39, 0.29) is 0 Å². The van der Waals surface area contributed by atoms with E-state index in [1.54, 1.807) is 0 Å². The van der Waals surface area contributed by atoms with E-state index < -0.39 is 0 Å². The molecule has 4 nitrogen and oxygen atoms in total. The van der Waals surface area contributed by atoms with Gasteiger partial charge in [0.2, 0.25) is 0 Å². The SMILES string of the molecule is CCn1nc(C)c(Br)c1CC(NC)C(OC)C1CC1. The fourth-order valence-electron chi connectivity index (χ4n) is 2.76. The molecule has 0 amide bonds. The second-order valence-corrected chi connectivity index (χ2v) is 6.09. The van der Waals surface area contributed by atoms with Gasteiger partial charge in [-0.05, 0) is 55.6 Å². The van der Waals surface area contributed by atoms with Crippen molar-refractivity contribution in [3.05, 3.63) is 15.9 Å². The topological polar surface area (TPSA) is 39.1 Å².